The number of hydrazine groups is 1. The number of aryl methyl sites for hydroxylation is 1. The highest BCUT2D eigenvalue weighted by Gasteiger charge is 2.33. The van der Waals surface area contributed by atoms with E-state index in [1.54, 1.807) is 14.2 Å². The lowest BCUT2D eigenvalue weighted by Crippen LogP contribution is -2.34. The van der Waals surface area contributed by atoms with Crippen LogP contribution < -0.4 is 25.6 Å². The minimum Gasteiger partial charge on any atom is -0.497 e. The van der Waals surface area contributed by atoms with E-state index in [4.69, 9.17) is 9.47 Å². The van der Waals surface area contributed by atoms with Gasteiger partial charge in [0, 0.05) is 24.7 Å². The number of carbonyl (C=O) groups is 1. The first-order valence-electron chi connectivity index (χ1n) is 8.66. The van der Waals surface area contributed by atoms with Crippen LogP contribution in [0.2, 0.25) is 0 Å². The van der Waals surface area contributed by atoms with E-state index in [-0.39, 0.29) is 17.9 Å². The van der Waals surface area contributed by atoms with Crippen molar-refractivity contribution in [2.75, 3.05) is 20.8 Å². The van der Waals surface area contributed by atoms with Gasteiger partial charge in [0.2, 0.25) is 5.91 Å². The van der Waals surface area contributed by atoms with Crippen LogP contribution in [0.5, 0.6) is 11.5 Å². The average Bonchev–Trinajstić information content (AvgIpc) is 3.16. The molecule has 1 aliphatic rings. The summed E-state index contributed by atoms with van der Waals surface area (Å²) in [6.07, 6.45) is 0. The van der Waals surface area contributed by atoms with Crippen LogP contribution in [0.3, 0.4) is 0 Å². The van der Waals surface area contributed by atoms with Crippen LogP contribution in [0.25, 0.3) is 0 Å². The van der Waals surface area contributed by atoms with E-state index in [9.17, 15) is 4.79 Å². The molecule has 0 aromatic heterocycles. The lowest BCUT2D eigenvalue weighted by molar-refractivity contribution is -0.125. The molecule has 2 aromatic carbocycles. The average molecular weight is 355 g/mol. The number of amides is 1. The maximum atomic E-state index is 12.8. The highest BCUT2D eigenvalue weighted by Crippen LogP contribution is 2.27. The molecule has 1 fully saturated rings. The maximum absolute atomic E-state index is 12.8. The summed E-state index contributed by atoms with van der Waals surface area (Å²) in [6.45, 7) is 3.05. The first-order chi connectivity index (χ1) is 12.6. The first kappa shape index (κ1) is 18.2. The number of carbonyl (C=O) groups excluding carboxylic acids is 1. The van der Waals surface area contributed by atoms with E-state index in [0.717, 1.165) is 16.9 Å². The second kappa shape index (κ2) is 8.21. The standard InChI is InChI=1S/C20H25N3O3/c1-13-5-4-6-14(9-13)19-17(12-22-23-19)20(24)21-11-15-7-8-16(25-2)10-18(15)26-3/h4-10,17,19,22-23H,11-12H2,1-3H3,(H,21,24). The Morgan fingerprint density at radius 2 is 2.04 bits per heavy atom. The molecule has 0 saturated carbocycles. The summed E-state index contributed by atoms with van der Waals surface area (Å²) in [5.41, 5.74) is 9.52. The SMILES string of the molecule is COc1ccc(CNC(=O)C2CNNC2c2cccc(C)c2)c(OC)c1. The van der Waals surface area contributed by atoms with Gasteiger partial charge in [-0.15, -0.1) is 0 Å². The topological polar surface area (TPSA) is 71.6 Å². The Bertz CT molecular complexity index is 779. The van der Waals surface area contributed by atoms with Gasteiger partial charge in [-0.25, -0.2) is 5.43 Å². The molecule has 0 bridgehead atoms. The summed E-state index contributed by atoms with van der Waals surface area (Å²) in [5.74, 6) is 1.25. The molecule has 2 unspecified atom stereocenters. The predicted octanol–water partition coefficient (Wildman–Crippen LogP) is 2.09. The maximum Gasteiger partial charge on any atom is 0.226 e. The molecule has 0 spiro atoms. The van der Waals surface area contributed by atoms with Gasteiger partial charge in [0.1, 0.15) is 11.5 Å². The normalized spacial score (nSPS) is 19.2. The van der Waals surface area contributed by atoms with E-state index < -0.39 is 0 Å². The zero-order valence-electron chi connectivity index (χ0n) is 15.3. The number of hydrogen-bond donors (Lipinski definition) is 3. The zero-order valence-corrected chi connectivity index (χ0v) is 15.3. The minimum absolute atomic E-state index is 0.00637. The third kappa shape index (κ3) is 3.98. The van der Waals surface area contributed by atoms with Gasteiger partial charge in [-0.2, -0.15) is 0 Å². The Balaban J connectivity index is 1.68. The van der Waals surface area contributed by atoms with Gasteiger partial charge in [-0.05, 0) is 24.6 Å². The van der Waals surface area contributed by atoms with Crippen LogP contribution in [0.4, 0.5) is 0 Å². The van der Waals surface area contributed by atoms with Crippen molar-refractivity contribution in [3.05, 3.63) is 59.2 Å². The number of benzene rings is 2. The van der Waals surface area contributed by atoms with Gasteiger partial charge in [-0.1, -0.05) is 29.8 Å². The second-order valence-electron chi connectivity index (χ2n) is 6.42. The molecule has 3 N–H and O–H groups in total. The van der Waals surface area contributed by atoms with E-state index >= 15 is 0 Å². The molecule has 6 nitrogen and oxygen atoms in total. The van der Waals surface area contributed by atoms with Crippen LogP contribution in [-0.2, 0) is 11.3 Å². The Morgan fingerprint density at radius 1 is 1.19 bits per heavy atom. The molecule has 6 heteroatoms. The quantitative estimate of drug-likeness (QED) is 0.740. The van der Waals surface area contributed by atoms with Crippen molar-refractivity contribution in [1.29, 1.82) is 0 Å². The lowest BCUT2D eigenvalue weighted by atomic mass is 9.93. The van der Waals surface area contributed by atoms with Crippen molar-refractivity contribution in [3.63, 3.8) is 0 Å². The largest absolute Gasteiger partial charge is 0.497 e. The Kier molecular flexibility index (Phi) is 5.75. The molecule has 138 valence electrons. The molecule has 1 aliphatic heterocycles. The third-order valence-corrected chi connectivity index (χ3v) is 4.67. The monoisotopic (exact) mass is 355 g/mol. The van der Waals surface area contributed by atoms with Crippen LogP contribution in [0, 0.1) is 12.8 Å². The molecular weight excluding hydrogens is 330 g/mol. The van der Waals surface area contributed by atoms with Crippen molar-refractivity contribution in [2.24, 2.45) is 5.92 Å². The fourth-order valence-electron chi connectivity index (χ4n) is 3.23. The van der Waals surface area contributed by atoms with E-state index in [2.05, 4.69) is 35.2 Å². The fourth-order valence-corrected chi connectivity index (χ4v) is 3.23. The van der Waals surface area contributed by atoms with E-state index in [1.165, 1.54) is 5.56 Å². The highest BCUT2D eigenvalue weighted by molar-refractivity contribution is 5.80. The van der Waals surface area contributed by atoms with Crippen molar-refractivity contribution in [1.82, 2.24) is 16.2 Å². The van der Waals surface area contributed by atoms with E-state index in [0.29, 0.717) is 18.8 Å². The number of rotatable bonds is 6. The van der Waals surface area contributed by atoms with Gasteiger partial charge < -0.3 is 14.8 Å². The number of hydrogen-bond acceptors (Lipinski definition) is 5. The van der Waals surface area contributed by atoms with Crippen LogP contribution in [0.1, 0.15) is 22.7 Å². The third-order valence-electron chi connectivity index (χ3n) is 4.67. The molecule has 3 rings (SSSR count). The molecule has 2 aromatic rings. The summed E-state index contributed by atoms with van der Waals surface area (Å²) < 4.78 is 10.6. The van der Waals surface area contributed by atoms with Crippen molar-refractivity contribution < 1.29 is 14.3 Å². The van der Waals surface area contributed by atoms with Gasteiger partial charge in [0.25, 0.3) is 0 Å². The summed E-state index contributed by atoms with van der Waals surface area (Å²) in [7, 11) is 3.22. The smallest absolute Gasteiger partial charge is 0.226 e. The zero-order chi connectivity index (χ0) is 18.5. The van der Waals surface area contributed by atoms with Crippen molar-refractivity contribution >= 4 is 5.91 Å². The number of ether oxygens (including phenoxy) is 2. The molecule has 1 amide bonds. The second-order valence-corrected chi connectivity index (χ2v) is 6.42. The Hall–Kier alpha value is -2.57. The summed E-state index contributed by atoms with van der Waals surface area (Å²) in [6, 6.07) is 13.8. The Labute approximate surface area is 153 Å². The van der Waals surface area contributed by atoms with Gasteiger partial charge in [0.05, 0.1) is 26.2 Å². The number of methoxy groups -OCH3 is 2. The molecule has 1 saturated heterocycles. The van der Waals surface area contributed by atoms with Crippen LogP contribution >= 0.6 is 0 Å². The lowest BCUT2D eigenvalue weighted by Gasteiger charge is -2.19. The van der Waals surface area contributed by atoms with Gasteiger partial charge in [0.15, 0.2) is 0 Å². The van der Waals surface area contributed by atoms with Crippen molar-refractivity contribution in [2.45, 2.75) is 19.5 Å². The van der Waals surface area contributed by atoms with Gasteiger partial charge >= 0.3 is 0 Å². The Morgan fingerprint density at radius 3 is 2.77 bits per heavy atom. The minimum atomic E-state index is -0.180. The van der Waals surface area contributed by atoms with E-state index in [1.807, 2.05) is 30.3 Å². The molecule has 26 heavy (non-hydrogen) atoms. The molecule has 0 radical (unpaired) electrons. The van der Waals surface area contributed by atoms with Gasteiger partial charge in [-0.3, -0.25) is 10.2 Å². The molecule has 0 aliphatic carbocycles. The number of nitrogens with one attached hydrogen (secondary N) is 3. The predicted molar refractivity (Wildman–Crippen MR) is 99.9 cm³/mol. The molecule has 1 heterocycles. The molecular formula is C20H25N3O3. The summed E-state index contributed by atoms with van der Waals surface area (Å²) in [5, 5.41) is 3.03. The van der Waals surface area contributed by atoms with Crippen LogP contribution in [0.15, 0.2) is 42.5 Å². The molecule has 2 atom stereocenters. The first-order valence-corrected chi connectivity index (χ1v) is 8.66. The fraction of sp³-hybridized carbons (Fsp3) is 0.350. The summed E-state index contributed by atoms with van der Waals surface area (Å²) >= 11 is 0. The van der Waals surface area contributed by atoms with Crippen molar-refractivity contribution in [3.8, 4) is 11.5 Å². The highest BCUT2D eigenvalue weighted by atomic mass is 16.5. The van der Waals surface area contributed by atoms with Crippen LogP contribution in [-0.4, -0.2) is 26.7 Å². The summed E-state index contributed by atoms with van der Waals surface area (Å²) in [4.78, 5) is 12.8.